The lowest BCUT2D eigenvalue weighted by Crippen LogP contribution is -2.42. The van der Waals surface area contributed by atoms with E-state index < -0.39 is 0 Å². The van der Waals surface area contributed by atoms with Crippen LogP contribution in [-0.2, 0) is 0 Å². The third kappa shape index (κ3) is 6.18. The van der Waals surface area contributed by atoms with Crippen molar-refractivity contribution in [1.82, 2.24) is 14.8 Å². The van der Waals surface area contributed by atoms with E-state index in [-0.39, 0.29) is 5.91 Å². The number of ether oxygens (including phenoxy) is 1. The van der Waals surface area contributed by atoms with E-state index in [1.807, 2.05) is 47.5 Å². The Morgan fingerprint density at radius 2 is 1.81 bits per heavy atom. The standard InChI is InChI=1S/C35H43N5O2/c1-25-14-21-40(33-8-5-4-7-32(33)37-25)35(41)28-9-11-30(26-10-12-31-27(23-26)13-17-36-31)34(24-28)42-22-6-18-39-19-15-29(16-20-39)38(2)3/h4-5,7-13,17,23-25,29,36-37H,6,14-16,18-22H2,1-3H3/t25-/m0/s1. The van der Waals surface area contributed by atoms with E-state index in [0.717, 1.165) is 71.6 Å². The van der Waals surface area contributed by atoms with Gasteiger partial charge >= 0.3 is 0 Å². The summed E-state index contributed by atoms with van der Waals surface area (Å²) in [5.41, 5.74) is 5.76. The zero-order chi connectivity index (χ0) is 29.1. The molecule has 6 rings (SSSR count). The molecule has 0 saturated carbocycles. The number of carbonyl (C=O) groups is 1. The highest BCUT2D eigenvalue weighted by molar-refractivity contribution is 6.08. The van der Waals surface area contributed by atoms with Crippen molar-refractivity contribution in [1.29, 1.82) is 0 Å². The molecule has 220 valence electrons. The first-order valence-corrected chi connectivity index (χ1v) is 15.4. The number of fused-ring (bicyclic) bond motifs is 2. The highest BCUT2D eigenvalue weighted by Crippen LogP contribution is 2.35. The van der Waals surface area contributed by atoms with Crippen molar-refractivity contribution in [3.05, 3.63) is 78.5 Å². The molecule has 2 N–H and O–H groups in total. The average Bonchev–Trinajstić information content (AvgIpc) is 3.41. The van der Waals surface area contributed by atoms with E-state index in [4.69, 9.17) is 4.74 Å². The second kappa shape index (κ2) is 12.6. The minimum absolute atomic E-state index is 0.000371. The van der Waals surface area contributed by atoms with Gasteiger partial charge in [-0.1, -0.05) is 18.2 Å². The summed E-state index contributed by atoms with van der Waals surface area (Å²) in [5.74, 6) is 0.760. The van der Waals surface area contributed by atoms with Crippen molar-refractivity contribution in [3.8, 4) is 16.9 Å². The number of anilines is 2. The lowest BCUT2D eigenvalue weighted by atomic mass is 10.0. The van der Waals surface area contributed by atoms with E-state index >= 15 is 0 Å². The van der Waals surface area contributed by atoms with Crippen molar-refractivity contribution < 1.29 is 9.53 Å². The molecule has 7 nitrogen and oxygen atoms in total. The first-order chi connectivity index (χ1) is 20.5. The second-order valence-corrected chi connectivity index (χ2v) is 12.0. The van der Waals surface area contributed by atoms with Crippen LogP contribution in [0.3, 0.4) is 0 Å². The van der Waals surface area contributed by atoms with Gasteiger partial charge in [-0.3, -0.25) is 4.79 Å². The lowest BCUT2D eigenvalue weighted by Gasteiger charge is -2.35. The SMILES string of the molecule is C[C@H]1CCN(C(=O)c2ccc(-c3ccc4[nH]ccc4c3)c(OCCCN3CCC(N(C)C)CC3)c2)c2ccccc2N1. The van der Waals surface area contributed by atoms with Gasteiger partial charge in [-0.05, 0) is 119 Å². The molecule has 1 aromatic heterocycles. The van der Waals surface area contributed by atoms with Gasteiger partial charge in [0, 0.05) is 48.0 Å². The van der Waals surface area contributed by atoms with E-state index in [1.165, 1.54) is 12.8 Å². The summed E-state index contributed by atoms with van der Waals surface area (Å²) >= 11 is 0. The average molecular weight is 566 g/mol. The fourth-order valence-corrected chi connectivity index (χ4v) is 6.34. The van der Waals surface area contributed by atoms with Crippen LogP contribution in [0.15, 0.2) is 72.9 Å². The zero-order valence-electron chi connectivity index (χ0n) is 25.1. The molecule has 4 aromatic rings. The monoisotopic (exact) mass is 565 g/mol. The number of hydrogen-bond acceptors (Lipinski definition) is 5. The van der Waals surface area contributed by atoms with E-state index in [2.05, 4.69) is 71.5 Å². The summed E-state index contributed by atoms with van der Waals surface area (Å²) in [6.07, 6.45) is 6.23. The summed E-state index contributed by atoms with van der Waals surface area (Å²) in [6.45, 7) is 6.74. The van der Waals surface area contributed by atoms with Gasteiger partial charge in [-0.15, -0.1) is 0 Å². The molecular formula is C35H43N5O2. The summed E-state index contributed by atoms with van der Waals surface area (Å²) in [7, 11) is 4.36. The lowest BCUT2D eigenvalue weighted by molar-refractivity contribution is 0.0986. The highest BCUT2D eigenvalue weighted by atomic mass is 16.5. The number of nitrogens with zero attached hydrogens (tertiary/aromatic N) is 3. The van der Waals surface area contributed by atoms with Crippen LogP contribution in [0.2, 0.25) is 0 Å². The van der Waals surface area contributed by atoms with Gasteiger partial charge in [-0.25, -0.2) is 0 Å². The number of H-pyrrole nitrogens is 1. The first-order valence-electron chi connectivity index (χ1n) is 15.4. The topological polar surface area (TPSA) is 63.8 Å². The van der Waals surface area contributed by atoms with Gasteiger partial charge in [0.15, 0.2) is 0 Å². The van der Waals surface area contributed by atoms with E-state index in [0.29, 0.717) is 30.8 Å². The minimum Gasteiger partial charge on any atom is -0.493 e. The number of hydrogen-bond donors (Lipinski definition) is 2. The Bertz CT molecular complexity index is 1520. The quantitative estimate of drug-likeness (QED) is 0.240. The molecule has 0 bridgehead atoms. The largest absolute Gasteiger partial charge is 0.493 e. The summed E-state index contributed by atoms with van der Waals surface area (Å²) < 4.78 is 6.50. The fraction of sp³-hybridized carbons (Fsp3) is 0.400. The smallest absolute Gasteiger partial charge is 0.258 e. The molecule has 0 unspecified atom stereocenters. The molecule has 2 aliphatic rings. The van der Waals surface area contributed by atoms with E-state index in [1.54, 1.807) is 0 Å². The number of nitrogens with one attached hydrogen (secondary N) is 2. The predicted octanol–water partition coefficient (Wildman–Crippen LogP) is 6.48. The normalized spacial score (nSPS) is 18.1. The number of benzene rings is 3. The number of likely N-dealkylation sites (tertiary alicyclic amines) is 1. The van der Waals surface area contributed by atoms with Crippen LogP contribution in [0.1, 0.15) is 43.0 Å². The number of piperidine rings is 1. The van der Waals surface area contributed by atoms with Crippen molar-refractivity contribution in [3.63, 3.8) is 0 Å². The molecule has 0 aliphatic carbocycles. The van der Waals surface area contributed by atoms with Gasteiger partial charge in [0.25, 0.3) is 5.91 Å². The van der Waals surface area contributed by atoms with Crippen LogP contribution in [0.25, 0.3) is 22.0 Å². The molecule has 3 heterocycles. The van der Waals surface area contributed by atoms with Crippen LogP contribution in [-0.4, -0.2) is 79.7 Å². The van der Waals surface area contributed by atoms with Crippen molar-refractivity contribution >= 4 is 28.2 Å². The number of aromatic nitrogens is 1. The third-order valence-electron chi connectivity index (χ3n) is 8.88. The van der Waals surface area contributed by atoms with Crippen molar-refractivity contribution in [2.45, 2.75) is 44.7 Å². The summed E-state index contributed by atoms with van der Waals surface area (Å²) in [5, 5.41) is 4.71. The minimum atomic E-state index is -0.000371. The first kappa shape index (κ1) is 28.3. The number of carbonyl (C=O) groups excluding carboxylic acids is 1. The van der Waals surface area contributed by atoms with Gasteiger partial charge in [-0.2, -0.15) is 0 Å². The van der Waals surface area contributed by atoms with Crippen LogP contribution >= 0.6 is 0 Å². The molecule has 7 heteroatoms. The van der Waals surface area contributed by atoms with Gasteiger partial charge in [0.05, 0.1) is 18.0 Å². The molecule has 0 radical (unpaired) electrons. The molecule has 2 aliphatic heterocycles. The molecule has 1 amide bonds. The second-order valence-electron chi connectivity index (χ2n) is 12.0. The van der Waals surface area contributed by atoms with Crippen molar-refractivity contribution in [2.24, 2.45) is 0 Å². The van der Waals surface area contributed by atoms with Crippen LogP contribution in [0.4, 0.5) is 11.4 Å². The highest BCUT2D eigenvalue weighted by Gasteiger charge is 2.25. The fourth-order valence-electron chi connectivity index (χ4n) is 6.34. The Hall–Kier alpha value is -3.81. The molecule has 42 heavy (non-hydrogen) atoms. The maximum Gasteiger partial charge on any atom is 0.258 e. The number of aromatic amines is 1. The molecule has 1 fully saturated rings. The third-order valence-corrected chi connectivity index (χ3v) is 8.88. The molecule has 1 atom stereocenters. The molecule has 0 spiro atoms. The van der Waals surface area contributed by atoms with Crippen molar-refractivity contribution in [2.75, 3.05) is 57.1 Å². The maximum absolute atomic E-state index is 14.0. The van der Waals surface area contributed by atoms with Gasteiger partial charge in [0.1, 0.15) is 5.75 Å². The Morgan fingerprint density at radius 3 is 2.64 bits per heavy atom. The van der Waals surface area contributed by atoms with Gasteiger partial charge < -0.3 is 29.7 Å². The Kier molecular flexibility index (Phi) is 8.49. The Labute approximate surface area is 249 Å². The maximum atomic E-state index is 14.0. The van der Waals surface area contributed by atoms with Crippen LogP contribution < -0.4 is 15.0 Å². The van der Waals surface area contributed by atoms with Crippen LogP contribution in [0, 0.1) is 0 Å². The van der Waals surface area contributed by atoms with Crippen LogP contribution in [0.5, 0.6) is 5.75 Å². The predicted molar refractivity (Wildman–Crippen MR) is 173 cm³/mol. The number of amides is 1. The molecule has 1 saturated heterocycles. The summed E-state index contributed by atoms with van der Waals surface area (Å²) in [4.78, 5) is 24.1. The Balaban J connectivity index is 1.22. The van der Waals surface area contributed by atoms with E-state index in [9.17, 15) is 4.79 Å². The number of para-hydroxylation sites is 2. The zero-order valence-corrected chi connectivity index (χ0v) is 25.1. The van der Waals surface area contributed by atoms with Gasteiger partial charge in [0.2, 0.25) is 0 Å². The summed E-state index contributed by atoms with van der Waals surface area (Å²) in [6, 6.07) is 23.5. The molecular weight excluding hydrogens is 522 g/mol. The molecule has 3 aromatic carbocycles. The number of rotatable bonds is 8. The Morgan fingerprint density at radius 1 is 0.976 bits per heavy atom.